The number of ether oxygens (including phenoxy) is 1. The Morgan fingerprint density at radius 1 is 1.11 bits per heavy atom. The maximum Gasteiger partial charge on any atom is 0.342 e. The van der Waals surface area contributed by atoms with Gasteiger partial charge in [-0.05, 0) is 36.1 Å². The Morgan fingerprint density at radius 3 is 2.67 bits per heavy atom. The van der Waals surface area contributed by atoms with E-state index in [-0.39, 0.29) is 17.4 Å². The summed E-state index contributed by atoms with van der Waals surface area (Å²) in [5, 5.41) is 15.0. The minimum Gasteiger partial charge on any atom is -0.506 e. The Labute approximate surface area is 161 Å². The van der Waals surface area contributed by atoms with Crippen molar-refractivity contribution in [3.63, 3.8) is 0 Å². The van der Waals surface area contributed by atoms with E-state index in [4.69, 9.17) is 16.3 Å². The highest BCUT2D eigenvalue weighted by atomic mass is 35.5. The number of hydrogen-bond acceptors (Lipinski definition) is 4. The molecule has 3 aromatic rings. The van der Waals surface area contributed by atoms with Gasteiger partial charge in [0.2, 0.25) is 0 Å². The summed E-state index contributed by atoms with van der Waals surface area (Å²) in [6, 6.07) is 17.2. The van der Waals surface area contributed by atoms with E-state index < -0.39 is 18.5 Å². The van der Waals surface area contributed by atoms with Gasteiger partial charge in [0.1, 0.15) is 11.3 Å². The van der Waals surface area contributed by atoms with Gasteiger partial charge in [-0.15, -0.1) is 0 Å². The Kier molecular flexibility index (Phi) is 5.62. The first-order chi connectivity index (χ1) is 13.0. The molecule has 27 heavy (non-hydrogen) atoms. The first-order valence-corrected chi connectivity index (χ1v) is 8.76. The van der Waals surface area contributed by atoms with Crippen LogP contribution in [0.4, 0.5) is 0 Å². The van der Waals surface area contributed by atoms with Crippen molar-refractivity contribution < 1.29 is 19.4 Å². The zero-order chi connectivity index (χ0) is 19.4. The summed E-state index contributed by atoms with van der Waals surface area (Å²) in [5.41, 5.74) is 0.860. The number of phenols is 1. The van der Waals surface area contributed by atoms with Crippen LogP contribution in [0.3, 0.4) is 0 Å². The molecule has 0 fully saturated rings. The van der Waals surface area contributed by atoms with Crippen LogP contribution >= 0.6 is 11.6 Å². The minimum atomic E-state index is -0.760. The fraction of sp³-hybridized carbons (Fsp3) is 0.143. The molecule has 0 aliphatic carbocycles. The van der Waals surface area contributed by atoms with Crippen LogP contribution in [0.15, 0.2) is 60.7 Å². The van der Waals surface area contributed by atoms with Crippen LogP contribution in [0.5, 0.6) is 5.75 Å². The van der Waals surface area contributed by atoms with Crippen molar-refractivity contribution in [3.8, 4) is 5.75 Å². The molecule has 6 heteroatoms. The Bertz CT molecular complexity index is 1000. The topological polar surface area (TPSA) is 75.6 Å². The van der Waals surface area contributed by atoms with Gasteiger partial charge in [0.15, 0.2) is 6.61 Å². The molecule has 1 amide bonds. The van der Waals surface area contributed by atoms with Crippen molar-refractivity contribution in [2.75, 3.05) is 6.61 Å². The fourth-order valence-corrected chi connectivity index (χ4v) is 2.97. The second-order valence-electron chi connectivity index (χ2n) is 6.10. The van der Waals surface area contributed by atoms with E-state index in [2.05, 4.69) is 5.32 Å². The third-order valence-corrected chi connectivity index (χ3v) is 4.42. The number of fused-ring (bicyclic) bond motifs is 1. The normalized spacial score (nSPS) is 11.8. The molecule has 0 saturated carbocycles. The number of rotatable bonds is 5. The summed E-state index contributed by atoms with van der Waals surface area (Å²) >= 11 is 5.95. The molecular formula is C21H18ClNO4. The van der Waals surface area contributed by atoms with Gasteiger partial charge < -0.3 is 15.2 Å². The van der Waals surface area contributed by atoms with E-state index in [1.165, 1.54) is 6.07 Å². The maximum absolute atomic E-state index is 12.2. The van der Waals surface area contributed by atoms with Gasteiger partial charge in [-0.2, -0.15) is 0 Å². The quantitative estimate of drug-likeness (QED) is 0.646. The van der Waals surface area contributed by atoms with Gasteiger partial charge in [-0.25, -0.2) is 4.79 Å². The van der Waals surface area contributed by atoms with E-state index in [0.717, 1.165) is 10.9 Å². The smallest absolute Gasteiger partial charge is 0.342 e. The summed E-state index contributed by atoms with van der Waals surface area (Å²) in [4.78, 5) is 24.3. The lowest BCUT2D eigenvalue weighted by atomic mass is 10.1. The Hall–Kier alpha value is -3.05. The first-order valence-electron chi connectivity index (χ1n) is 8.38. The molecule has 138 valence electrons. The van der Waals surface area contributed by atoms with Crippen molar-refractivity contribution in [1.82, 2.24) is 5.32 Å². The number of carbonyl (C=O) groups is 2. The van der Waals surface area contributed by atoms with Crippen LogP contribution in [0.1, 0.15) is 28.9 Å². The molecule has 5 nitrogen and oxygen atoms in total. The van der Waals surface area contributed by atoms with E-state index >= 15 is 0 Å². The predicted molar refractivity (Wildman–Crippen MR) is 104 cm³/mol. The molecule has 0 unspecified atom stereocenters. The molecule has 0 aliphatic rings. The molecule has 0 heterocycles. The van der Waals surface area contributed by atoms with Crippen molar-refractivity contribution in [2.24, 2.45) is 0 Å². The average Bonchev–Trinajstić information content (AvgIpc) is 2.66. The van der Waals surface area contributed by atoms with Gasteiger partial charge >= 0.3 is 5.97 Å². The molecule has 0 aromatic heterocycles. The second-order valence-corrected chi connectivity index (χ2v) is 6.54. The largest absolute Gasteiger partial charge is 0.506 e. The number of hydrogen-bond donors (Lipinski definition) is 2. The number of amides is 1. The lowest BCUT2D eigenvalue weighted by molar-refractivity contribution is -0.124. The summed E-state index contributed by atoms with van der Waals surface area (Å²) in [6.45, 7) is 1.36. The third kappa shape index (κ3) is 4.38. The molecule has 3 aromatic carbocycles. The fourth-order valence-electron chi connectivity index (χ4n) is 2.77. The SMILES string of the molecule is C[C@@H](NC(=O)COC(=O)c1ccc2ccccc2c1O)c1cccc(Cl)c1. The molecule has 0 aliphatic heterocycles. The molecule has 3 rings (SSSR count). The molecule has 0 radical (unpaired) electrons. The van der Waals surface area contributed by atoms with Crippen LogP contribution in [0, 0.1) is 0 Å². The third-order valence-electron chi connectivity index (χ3n) is 4.18. The molecular weight excluding hydrogens is 366 g/mol. The van der Waals surface area contributed by atoms with E-state index in [9.17, 15) is 14.7 Å². The van der Waals surface area contributed by atoms with Gasteiger partial charge in [0.05, 0.1) is 6.04 Å². The van der Waals surface area contributed by atoms with Crippen LogP contribution in [-0.2, 0) is 9.53 Å². The number of benzene rings is 3. The zero-order valence-corrected chi connectivity index (χ0v) is 15.4. The summed E-state index contributed by atoms with van der Waals surface area (Å²) < 4.78 is 5.04. The Morgan fingerprint density at radius 2 is 1.89 bits per heavy atom. The van der Waals surface area contributed by atoms with Crippen molar-refractivity contribution >= 4 is 34.2 Å². The van der Waals surface area contributed by atoms with Crippen LogP contribution < -0.4 is 5.32 Å². The molecule has 1 atom stereocenters. The van der Waals surface area contributed by atoms with Crippen LogP contribution in [0.25, 0.3) is 10.8 Å². The zero-order valence-electron chi connectivity index (χ0n) is 14.6. The average molecular weight is 384 g/mol. The van der Waals surface area contributed by atoms with E-state index in [0.29, 0.717) is 10.4 Å². The predicted octanol–water partition coefficient (Wildman–Crippen LogP) is 4.23. The summed E-state index contributed by atoms with van der Waals surface area (Å²) in [5.74, 6) is -1.37. The Balaban J connectivity index is 1.62. The maximum atomic E-state index is 12.2. The van der Waals surface area contributed by atoms with E-state index in [1.807, 2.05) is 18.2 Å². The number of nitrogens with one attached hydrogen (secondary N) is 1. The minimum absolute atomic E-state index is 0.0180. The molecule has 0 spiro atoms. The number of aromatic hydroxyl groups is 1. The van der Waals surface area contributed by atoms with E-state index in [1.54, 1.807) is 43.3 Å². The highest BCUT2D eigenvalue weighted by Gasteiger charge is 2.17. The van der Waals surface area contributed by atoms with Crippen LogP contribution in [-0.4, -0.2) is 23.6 Å². The second kappa shape index (κ2) is 8.10. The van der Waals surface area contributed by atoms with Crippen molar-refractivity contribution in [3.05, 3.63) is 76.8 Å². The van der Waals surface area contributed by atoms with Gasteiger partial charge in [-0.1, -0.05) is 54.1 Å². The number of carbonyl (C=O) groups excluding carboxylic acids is 2. The lowest BCUT2D eigenvalue weighted by Crippen LogP contribution is -2.31. The molecule has 2 N–H and O–H groups in total. The van der Waals surface area contributed by atoms with Gasteiger partial charge in [-0.3, -0.25) is 4.79 Å². The lowest BCUT2D eigenvalue weighted by Gasteiger charge is -2.15. The number of phenolic OH excluding ortho intramolecular Hbond substituents is 1. The number of esters is 1. The molecule has 0 bridgehead atoms. The van der Waals surface area contributed by atoms with Crippen molar-refractivity contribution in [2.45, 2.75) is 13.0 Å². The first kappa shape index (κ1) is 18.7. The van der Waals surface area contributed by atoms with Crippen LogP contribution in [0.2, 0.25) is 5.02 Å². The molecule has 0 saturated heterocycles. The highest BCUT2D eigenvalue weighted by Crippen LogP contribution is 2.29. The monoisotopic (exact) mass is 383 g/mol. The highest BCUT2D eigenvalue weighted by molar-refractivity contribution is 6.30. The summed E-state index contributed by atoms with van der Waals surface area (Å²) in [7, 11) is 0. The van der Waals surface area contributed by atoms with Crippen molar-refractivity contribution in [1.29, 1.82) is 0 Å². The summed E-state index contributed by atoms with van der Waals surface area (Å²) in [6.07, 6.45) is 0. The van der Waals surface area contributed by atoms with Gasteiger partial charge in [0.25, 0.3) is 5.91 Å². The van der Waals surface area contributed by atoms with Gasteiger partial charge in [0, 0.05) is 10.4 Å². The number of halogens is 1. The standard InChI is InChI=1S/C21H18ClNO4/c1-13(15-6-4-7-16(22)11-15)23-19(24)12-27-21(26)18-10-9-14-5-2-3-8-17(14)20(18)25/h2-11,13,25H,12H2,1H3,(H,23,24)/t13-/m1/s1.